The number of aryl methyl sites for hydroxylation is 1. The van der Waals surface area contributed by atoms with Crippen LogP contribution in [-0.4, -0.2) is 16.3 Å². The summed E-state index contributed by atoms with van der Waals surface area (Å²) in [6, 6.07) is 18.5. The number of rotatable bonds is 5. The molecule has 3 aromatic rings. The van der Waals surface area contributed by atoms with Crippen LogP contribution in [0.3, 0.4) is 0 Å². The van der Waals surface area contributed by atoms with Gasteiger partial charge in [0.2, 0.25) is 0 Å². The molecule has 0 saturated carbocycles. The number of nitrogens with zero attached hydrogens (tertiary/aromatic N) is 2. The van der Waals surface area contributed by atoms with Gasteiger partial charge in [0.05, 0.1) is 11.4 Å². The largest absolute Gasteiger partial charge is 0.330 e. The first-order chi connectivity index (χ1) is 10.8. The van der Waals surface area contributed by atoms with Crippen molar-refractivity contribution in [2.45, 2.75) is 12.8 Å². The minimum Gasteiger partial charge on any atom is -0.330 e. The second-order valence-corrected chi connectivity index (χ2v) is 6.10. The predicted octanol–water partition coefficient (Wildman–Crippen LogP) is 4.19. The molecule has 0 radical (unpaired) electrons. The van der Waals surface area contributed by atoms with Gasteiger partial charge in [-0.2, -0.15) is 5.10 Å². The van der Waals surface area contributed by atoms with E-state index in [1.165, 1.54) is 5.56 Å². The lowest BCUT2D eigenvalue weighted by atomic mass is 10.0. The molecule has 0 amide bonds. The highest BCUT2D eigenvalue weighted by Gasteiger charge is 2.11. The van der Waals surface area contributed by atoms with Crippen LogP contribution < -0.4 is 5.73 Å². The summed E-state index contributed by atoms with van der Waals surface area (Å²) in [5.41, 5.74) is 10.1. The van der Waals surface area contributed by atoms with Crippen LogP contribution in [0.4, 0.5) is 0 Å². The van der Waals surface area contributed by atoms with Crippen molar-refractivity contribution in [1.29, 1.82) is 0 Å². The van der Waals surface area contributed by atoms with Gasteiger partial charge in [-0.1, -0.05) is 46.3 Å². The maximum atomic E-state index is 5.67. The number of hydrogen-bond acceptors (Lipinski definition) is 2. The SMILES string of the molecule is NCCCc1cn(-c2ccc(Br)cc2)nc1-c1ccccc1. The molecule has 2 aromatic carbocycles. The summed E-state index contributed by atoms with van der Waals surface area (Å²) in [6.07, 6.45) is 4.02. The molecule has 1 heterocycles. The van der Waals surface area contributed by atoms with Crippen LogP contribution in [-0.2, 0) is 6.42 Å². The summed E-state index contributed by atoms with van der Waals surface area (Å²) in [5, 5.41) is 4.79. The Labute approximate surface area is 138 Å². The molecule has 0 aliphatic carbocycles. The van der Waals surface area contributed by atoms with E-state index in [0.29, 0.717) is 6.54 Å². The third-order valence-electron chi connectivity index (χ3n) is 3.58. The van der Waals surface area contributed by atoms with E-state index >= 15 is 0 Å². The summed E-state index contributed by atoms with van der Waals surface area (Å²) in [4.78, 5) is 0. The molecule has 0 atom stereocenters. The Bertz CT molecular complexity index is 733. The predicted molar refractivity (Wildman–Crippen MR) is 94.1 cm³/mol. The fourth-order valence-electron chi connectivity index (χ4n) is 2.45. The highest BCUT2D eigenvalue weighted by molar-refractivity contribution is 9.10. The van der Waals surface area contributed by atoms with Crippen LogP contribution in [0.15, 0.2) is 65.3 Å². The maximum absolute atomic E-state index is 5.67. The van der Waals surface area contributed by atoms with Gasteiger partial charge in [-0.15, -0.1) is 0 Å². The van der Waals surface area contributed by atoms with Gasteiger partial charge in [0.15, 0.2) is 0 Å². The molecule has 0 bridgehead atoms. The minimum atomic E-state index is 0.692. The molecule has 2 N–H and O–H groups in total. The average molecular weight is 356 g/mol. The van der Waals surface area contributed by atoms with Crippen LogP contribution in [0, 0.1) is 0 Å². The fraction of sp³-hybridized carbons (Fsp3) is 0.167. The van der Waals surface area contributed by atoms with Crippen molar-refractivity contribution in [2.24, 2.45) is 5.73 Å². The molecule has 3 rings (SSSR count). The quantitative estimate of drug-likeness (QED) is 0.745. The first-order valence-electron chi connectivity index (χ1n) is 7.38. The Morgan fingerprint density at radius 2 is 1.73 bits per heavy atom. The summed E-state index contributed by atoms with van der Waals surface area (Å²) >= 11 is 3.47. The van der Waals surface area contributed by atoms with Crippen molar-refractivity contribution in [1.82, 2.24) is 9.78 Å². The van der Waals surface area contributed by atoms with E-state index in [-0.39, 0.29) is 0 Å². The molecule has 4 heteroatoms. The molecule has 0 spiro atoms. The van der Waals surface area contributed by atoms with Crippen molar-refractivity contribution < 1.29 is 0 Å². The highest BCUT2D eigenvalue weighted by atomic mass is 79.9. The average Bonchev–Trinajstić information content (AvgIpc) is 2.98. The first kappa shape index (κ1) is 15.0. The highest BCUT2D eigenvalue weighted by Crippen LogP contribution is 2.25. The van der Waals surface area contributed by atoms with E-state index in [1.54, 1.807) is 0 Å². The summed E-state index contributed by atoms with van der Waals surface area (Å²) in [6.45, 7) is 0.692. The monoisotopic (exact) mass is 355 g/mol. The van der Waals surface area contributed by atoms with E-state index in [0.717, 1.165) is 34.3 Å². The lowest BCUT2D eigenvalue weighted by Crippen LogP contribution is -2.00. The van der Waals surface area contributed by atoms with Gasteiger partial charge in [-0.05, 0) is 49.2 Å². The topological polar surface area (TPSA) is 43.8 Å². The molecule has 0 unspecified atom stereocenters. The van der Waals surface area contributed by atoms with E-state index < -0.39 is 0 Å². The van der Waals surface area contributed by atoms with Gasteiger partial charge >= 0.3 is 0 Å². The smallest absolute Gasteiger partial charge is 0.0959 e. The number of aromatic nitrogens is 2. The van der Waals surface area contributed by atoms with E-state index in [9.17, 15) is 0 Å². The molecular formula is C18H18BrN3. The van der Waals surface area contributed by atoms with Gasteiger partial charge < -0.3 is 5.73 Å². The molecule has 3 nitrogen and oxygen atoms in total. The second-order valence-electron chi connectivity index (χ2n) is 5.18. The molecule has 22 heavy (non-hydrogen) atoms. The Morgan fingerprint density at radius 1 is 1.00 bits per heavy atom. The second kappa shape index (κ2) is 6.90. The van der Waals surface area contributed by atoms with Crippen molar-refractivity contribution in [3.8, 4) is 16.9 Å². The maximum Gasteiger partial charge on any atom is 0.0959 e. The third kappa shape index (κ3) is 3.29. The fourth-order valence-corrected chi connectivity index (χ4v) is 2.71. The summed E-state index contributed by atoms with van der Waals surface area (Å²) in [5.74, 6) is 0. The zero-order valence-electron chi connectivity index (χ0n) is 12.2. The Morgan fingerprint density at radius 3 is 2.41 bits per heavy atom. The van der Waals surface area contributed by atoms with Gasteiger partial charge in [-0.25, -0.2) is 4.68 Å². The van der Waals surface area contributed by atoms with E-state index in [2.05, 4.69) is 46.4 Å². The van der Waals surface area contributed by atoms with Gasteiger partial charge in [-0.3, -0.25) is 0 Å². The number of nitrogens with two attached hydrogens (primary N) is 1. The van der Waals surface area contributed by atoms with Crippen LogP contribution >= 0.6 is 15.9 Å². The Hall–Kier alpha value is -1.91. The normalized spacial score (nSPS) is 10.8. The van der Waals surface area contributed by atoms with Gasteiger partial charge in [0.1, 0.15) is 0 Å². The Kier molecular flexibility index (Phi) is 4.71. The first-order valence-corrected chi connectivity index (χ1v) is 8.17. The molecular weight excluding hydrogens is 338 g/mol. The summed E-state index contributed by atoms with van der Waals surface area (Å²) < 4.78 is 3.01. The van der Waals surface area contributed by atoms with Crippen molar-refractivity contribution in [3.63, 3.8) is 0 Å². The zero-order valence-corrected chi connectivity index (χ0v) is 13.8. The number of hydrogen-bond donors (Lipinski definition) is 1. The van der Waals surface area contributed by atoms with Crippen LogP contribution in [0.5, 0.6) is 0 Å². The molecule has 0 aliphatic rings. The van der Waals surface area contributed by atoms with E-state index in [4.69, 9.17) is 10.8 Å². The minimum absolute atomic E-state index is 0.692. The van der Waals surface area contributed by atoms with Gasteiger partial charge in [0.25, 0.3) is 0 Å². The molecule has 112 valence electrons. The van der Waals surface area contributed by atoms with Crippen LogP contribution in [0.25, 0.3) is 16.9 Å². The van der Waals surface area contributed by atoms with Crippen molar-refractivity contribution in [3.05, 3.63) is 70.8 Å². The molecule has 0 fully saturated rings. The standard InChI is InChI=1S/C18H18BrN3/c19-16-8-10-17(11-9-16)22-13-15(7-4-12-20)18(21-22)14-5-2-1-3-6-14/h1-3,5-6,8-11,13H,4,7,12,20H2. The molecule has 0 saturated heterocycles. The zero-order chi connectivity index (χ0) is 15.4. The number of benzene rings is 2. The van der Waals surface area contributed by atoms with Crippen LogP contribution in [0.1, 0.15) is 12.0 Å². The molecule has 0 aliphatic heterocycles. The van der Waals surface area contributed by atoms with E-state index in [1.807, 2.05) is 35.0 Å². The lowest BCUT2D eigenvalue weighted by molar-refractivity contribution is 0.831. The molecule has 1 aromatic heterocycles. The number of halogens is 1. The lowest BCUT2D eigenvalue weighted by Gasteiger charge is -2.01. The summed E-state index contributed by atoms with van der Waals surface area (Å²) in [7, 11) is 0. The van der Waals surface area contributed by atoms with Crippen LogP contribution in [0.2, 0.25) is 0 Å². The van der Waals surface area contributed by atoms with Crippen molar-refractivity contribution >= 4 is 15.9 Å². The Balaban J connectivity index is 2.02. The van der Waals surface area contributed by atoms with Crippen molar-refractivity contribution in [2.75, 3.05) is 6.54 Å². The third-order valence-corrected chi connectivity index (χ3v) is 4.11. The van der Waals surface area contributed by atoms with Gasteiger partial charge in [0, 0.05) is 16.2 Å².